The van der Waals surface area contributed by atoms with Crippen molar-refractivity contribution < 1.29 is 8.42 Å². The molecule has 0 unspecified atom stereocenters. The predicted octanol–water partition coefficient (Wildman–Crippen LogP) is 1.33. The Hall–Kier alpha value is -0.940. The van der Waals surface area contributed by atoms with Gasteiger partial charge in [0.05, 0.1) is 5.69 Å². The van der Waals surface area contributed by atoms with Crippen molar-refractivity contribution in [1.82, 2.24) is 0 Å². The van der Waals surface area contributed by atoms with Gasteiger partial charge in [0.25, 0.3) is 0 Å². The second kappa shape index (κ2) is 3.03. The maximum Gasteiger partial charge on any atom is 0.202 e. The van der Waals surface area contributed by atoms with E-state index in [1.54, 1.807) is 18.2 Å². The van der Waals surface area contributed by atoms with Gasteiger partial charge in [0.15, 0.2) is 0 Å². The minimum Gasteiger partial charge on any atom is -0.398 e. The van der Waals surface area contributed by atoms with Crippen LogP contribution in [0.3, 0.4) is 0 Å². The molecule has 0 aliphatic carbocycles. The van der Waals surface area contributed by atoms with E-state index in [2.05, 4.69) is 12.6 Å². The van der Waals surface area contributed by atoms with E-state index >= 15 is 0 Å². The first-order chi connectivity index (χ1) is 6.56. The monoisotopic (exact) mass is 227 g/mol. The van der Waals surface area contributed by atoms with Crippen LogP contribution in [-0.4, -0.2) is 14.2 Å². The van der Waals surface area contributed by atoms with Gasteiger partial charge in [0.2, 0.25) is 9.84 Å². The molecule has 0 spiro atoms. The van der Waals surface area contributed by atoms with E-state index < -0.39 is 9.84 Å². The molecule has 1 aromatic rings. The SMILES string of the molecule is Nc1cccc2c1S(=O)(=O)C=C2CS. The number of rotatable bonds is 1. The number of fused-ring (bicyclic) bond motifs is 1. The molecule has 0 saturated carbocycles. The minimum absolute atomic E-state index is 0.226. The smallest absolute Gasteiger partial charge is 0.202 e. The largest absolute Gasteiger partial charge is 0.398 e. The van der Waals surface area contributed by atoms with Crippen LogP contribution in [-0.2, 0) is 9.84 Å². The Labute approximate surface area is 88.0 Å². The normalized spacial score (nSPS) is 17.6. The highest BCUT2D eigenvalue weighted by molar-refractivity contribution is 7.95. The first-order valence-electron chi connectivity index (χ1n) is 4.01. The van der Waals surface area contributed by atoms with Crippen LogP contribution in [0.25, 0.3) is 5.57 Å². The fraction of sp³-hybridized carbons (Fsp3) is 0.111. The lowest BCUT2D eigenvalue weighted by atomic mass is 10.1. The van der Waals surface area contributed by atoms with Crippen LogP contribution in [0.5, 0.6) is 0 Å². The first-order valence-corrected chi connectivity index (χ1v) is 6.19. The Morgan fingerprint density at radius 3 is 2.71 bits per heavy atom. The molecule has 1 heterocycles. The molecule has 1 aliphatic rings. The predicted molar refractivity (Wildman–Crippen MR) is 59.9 cm³/mol. The van der Waals surface area contributed by atoms with Gasteiger partial charge in [-0.2, -0.15) is 12.6 Å². The van der Waals surface area contributed by atoms with Crippen LogP contribution < -0.4 is 5.73 Å². The van der Waals surface area contributed by atoms with Crippen molar-refractivity contribution in [1.29, 1.82) is 0 Å². The van der Waals surface area contributed by atoms with Gasteiger partial charge >= 0.3 is 0 Å². The molecule has 74 valence electrons. The second-order valence-corrected chi connectivity index (χ2v) is 5.12. The summed E-state index contributed by atoms with van der Waals surface area (Å²) >= 11 is 4.08. The summed E-state index contributed by atoms with van der Waals surface area (Å²) in [5.41, 5.74) is 7.31. The third-order valence-electron chi connectivity index (χ3n) is 2.14. The average molecular weight is 227 g/mol. The third kappa shape index (κ3) is 1.24. The number of nitrogens with two attached hydrogens (primary N) is 1. The van der Waals surface area contributed by atoms with E-state index in [1.807, 2.05) is 0 Å². The van der Waals surface area contributed by atoms with Crippen molar-refractivity contribution in [2.45, 2.75) is 4.90 Å². The summed E-state index contributed by atoms with van der Waals surface area (Å²) in [5, 5.41) is 1.24. The molecular formula is C9H9NO2S2. The fourth-order valence-electron chi connectivity index (χ4n) is 1.56. The van der Waals surface area contributed by atoms with Crippen molar-refractivity contribution in [3.05, 3.63) is 29.2 Å². The van der Waals surface area contributed by atoms with E-state index in [0.717, 1.165) is 0 Å². The molecule has 0 radical (unpaired) electrons. The number of benzene rings is 1. The summed E-state index contributed by atoms with van der Waals surface area (Å²) in [7, 11) is -3.33. The molecule has 2 rings (SSSR count). The summed E-state index contributed by atoms with van der Waals surface area (Å²) in [5.74, 6) is 0.398. The summed E-state index contributed by atoms with van der Waals surface area (Å²) in [6.07, 6.45) is 0. The lowest BCUT2D eigenvalue weighted by Crippen LogP contribution is -1.99. The maximum absolute atomic E-state index is 11.7. The molecular weight excluding hydrogens is 218 g/mol. The lowest BCUT2D eigenvalue weighted by molar-refractivity contribution is 0.606. The topological polar surface area (TPSA) is 60.2 Å². The molecule has 0 fully saturated rings. The zero-order chi connectivity index (χ0) is 10.3. The highest BCUT2D eigenvalue weighted by Gasteiger charge is 2.27. The van der Waals surface area contributed by atoms with E-state index in [1.165, 1.54) is 5.41 Å². The van der Waals surface area contributed by atoms with Gasteiger partial charge in [-0.05, 0) is 11.6 Å². The van der Waals surface area contributed by atoms with Crippen LogP contribution in [0.4, 0.5) is 5.69 Å². The summed E-state index contributed by atoms with van der Waals surface area (Å²) in [6, 6.07) is 5.08. The van der Waals surface area contributed by atoms with Crippen LogP contribution in [0.2, 0.25) is 0 Å². The molecule has 0 saturated heterocycles. The summed E-state index contributed by atoms with van der Waals surface area (Å²) in [4.78, 5) is 0.226. The highest BCUT2D eigenvalue weighted by Crippen LogP contribution is 2.37. The molecule has 0 amide bonds. The number of sulfone groups is 1. The number of hydrogen-bond acceptors (Lipinski definition) is 4. The second-order valence-electron chi connectivity index (χ2n) is 3.07. The third-order valence-corrected chi connectivity index (χ3v) is 4.10. The van der Waals surface area contributed by atoms with Gasteiger partial charge in [0.1, 0.15) is 4.90 Å². The van der Waals surface area contributed by atoms with E-state index in [4.69, 9.17) is 5.73 Å². The molecule has 2 N–H and O–H groups in total. The zero-order valence-corrected chi connectivity index (χ0v) is 8.98. The van der Waals surface area contributed by atoms with Crippen molar-refractivity contribution >= 4 is 33.7 Å². The van der Waals surface area contributed by atoms with Gasteiger partial charge in [-0.1, -0.05) is 12.1 Å². The Kier molecular flexibility index (Phi) is 2.08. The lowest BCUT2D eigenvalue weighted by Gasteiger charge is -2.03. The Morgan fingerprint density at radius 1 is 1.36 bits per heavy atom. The number of hydrogen-bond donors (Lipinski definition) is 2. The Bertz CT molecular complexity index is 518. The maximum atomic E-state index is 11.7. The fourth-order valence-corrected chi connectivity index (χ4v) is 3.55. The number of nitrogen functional groups attached to an aromatic ring is 1. The van der Waals surface area contributed by atoms with Gasteiger partial charge in [-0.3, -0.25) is 0 Å². The van der Waals surface area contributed by atoms with Gasteiger partial charge in [-0.15, -0.1) is 0 Å². The van der Waals surface area contributed by atoms with Crippen molar-refractivity contribution in [2.24, 2.45) is 0 Å². The van der Waals surface area contributed by atoms with E-state index in [9.17, 15) is 8.42 Å². The van der Waals surface area contributed by atoms with Gasteiger partial charge in [-0.25, -0.2) is 8.42 Å². The van der Waals surface area contributed by atoms with Crippen LogP contribution >= 0.6 is 12.6 Å². The molecule has 1 aliphatic heterocycles. The molecule has 5 heteroatoms. The van der Waals surface area contributed by atoms with Crippen molar-refractivity contribution in [3.63, 3.8) is 0 Å². The number of anilines is 1. The minimum atomic E-state index is -3.33. The van der Waals surface area contributed by atoms with Crippen LogP contribution in [0.1, 0.15) is 5.56 Å². The molecule has 0 atom stereocenters. The van der Waals surface area contributed by atoms with E-state index in [0.29, 0.717) is 22.6 Å². The van der Waals surface area contributed by atoms with E-state index in [-0.39, 0.29) is 4.90 Å². The number of thiol groups is 1. The van der Waals surface area contributed by atoms with Gasteiger partial charge < -0.3 is 5.73 Å². The molecule has 0 aromatic heterocycles. The average Bonchev–Trinajstić information content (AvgIpc) is 2.39. The quantitative estimate of drug-likeness (QED) is 0.562. The standard InChI is InChI=1S/C9H9NO2S2/c10-8-3-1-2-7-6(4-13)5-14(11,12)9(7)8/h1-3,5,13H,4,10H2. The van der Waals surface area contributed by atoms with Crippen LogP contribution in [0.15, 0.2) is 28.5 Å². The summed E-state index contributed by atoms with van der Waals surface area (Å²) < 4.78 is 23.3. The Morgan fingerprint density at radius 2 is 2.07 bits per heavy atom. The highest BCUT2D eigenvalue weighted by atomic mass is 32.2. The summed E-state index contributed by atoms with van der Waals surface area (Å²) in [6.45, 7) is 0. The first kappa shape index (κ1) is 9.61. The molecule has 14 heavy (non-hydrogen) atoms. The van der Waals surface area contributed by atoms with Gasteiger partial charge in [0, 0.05) is 16.7 Å². The van der Waals surface area contributed by atoms with Crippen molar-refractivity contribution in [2.75, 3.05) is 11.5 Å². The molecule has 3 nitrogen and oxygen atoms in total. The van der Waals surface area contributed by atoms with Crippen molar-refractivity contribution in [3.8, 4) is 0 Å². The zero-order valence-electron chi connectivity index (χ0n) is 7.27. The molecule has 1 aromatic carbocycles. The Balaban J connectivity index is 2.82. The molecule has 0 bridgehead atoms. The van der Waals surface area contributed by atoms with Crippen LogP contribution in [0, 0.1) is 0 Å².